The van der Waals surface area contributed by atoms with Gasteiger partial charge >= 0.3 is 5.97 Å². The summed E-state index contributed by atoms with van der Waals surface area (Å²) in [6.45, 7) is 0. The molecule has 106 valence electrons. The van der Waals surface area contributed by atoms with E-state index >= 15 is 0 Å². The van der Waals surface area contributed by atoms with Crippen LogP contribution in [0.4, 0.5) is 0 Å². The lowest BCUT2D eigenvalue weighted by molar-refractivity contribution is -0.137. The molecule has 0 saturated heterocycles. The maximum atomic E-state index is 11.8. The number of carbonyl (C=O) groups is 1. The lowest BCUT2D eigenvalue weighted by atomic mass is 10.2. The standard InChI is InChI=1S/C13H17ClO4S/c14-12-7-5-11(6-8-12)10-19(17,18)9-3-1-2-4-13(15)16/h5-8H,1-4,9-10H2,(H,15,16). The molecule has 0 radical (unpaired) electrons. The topological polar surface area (TPSA) is 71.4 Å². The van der Waals surface area contributed by atoms with E-state index in [9.17, 15) is 13.2 Å². The second-order valence-corrected chi connectivity index (χ2v) is 7.04. The predicted molar refractivity (Wildman–Crippen MR) is 75.0 cm³/mol. The van der Waals surface area contributed by atoms with Crippen LogP contribution in [-0.4, -0.2) is 25.2 Å². The average Bonchev–Trinajstić information content (AvgIpc) is 2.31. The maximum absolute atomic E-state index is 11.8. The van der Waals surface area contributed by atoms with Crippen molar-refractivity contribution < 1.29 is 18.3 Å². The van der Waals surface area contributed by atoms with Gasteiger partial charge in [-0.2, -0.15) is 0 Å². The molecule has 0 aliphatic rings. The van der Waals surface area contributed by atoms with Crippen LogP contribution in [0.15, 0.2) is 24.3 Å². The van der Waals surface area contributed by atoms with Crippen molar-refractivity contribution in [3.63, 3.8) is 0 Å². The van der Waals surface area contributed by atoms with Gasteiger partial charge in [0.2, 0.25) is 0 Å². The van der Waals surface area contributed by atoms with Crippen LogP contribution in [0.25, 0.3) is 0 Å². The Bertz CT molecular complexity index is 508. The maximum Gasteiger partial charge on any atom is 0.303 e. The van der Waals surface area contributed by atoms with Crippen molar-refractivity contribution in [3.05, 3.63) is 34.9 Å². The highest BCUT2D eigenvalue weighted by atomic mass is 35.5. The van der Waals surface area contributed by atoms with Crippen LogP contribution in [0.2, 0.25) is 5.02 Å². The zero-order chi connectivity index (χ0) is 14.3. The first kappa shape index (κ1) is 16.0. The van der Waals surface area contributed by atoms with Crippen LogP contribution in [0.3, 0.4) is 0 Å². The van der Waals surface area contributed by atoms with Crippen molar-refractivity contribution in [1.82, 2.24) is 0 Å². The van der Waals surface area contributed by atoms with Crippen molar-refractivity contribution in [1.29, 1.82) is 0 Å². The minimum Gasteiger partial charge on any atom is -0.481 e. The number of unbranched alkanes of at least 4 members (excludes halogenated alkanes) is 2. The summed E-state index contributed by atoms with van der Waals surface area (Å²) in [5.41, 5.74) is 0.718. The van der Waals surface area contributed by atoms with Crippen molar-refractivity contribution in [2.45, 2.75) is 31.4 Å². The number of benzene rings is 1. The second kappa shape index (κ2) is 7.50. The van der Waals surface area contributed by atoms with Crippen molar-refractivity contribution in [2.75, 3.05) is 5.75 Å². The largest absolute Gasteiger partial charge is 0.481 e. The van der Waals surface area contributed by atoms with Crippen LogP contribution in [0.1, 0.15) is 31.2 Å². The van der Waals surface area contributed by atoms with E-state index in [1.165, 1.54) is 0 Å². The molecule has 0 amide bonds. The molecule has 0 bridgehead atoms. The number of aliphatic carboxylic acids is 1. The molecule has 4 nitrogen and oxygen atoms in total. The molecule has 0 fully saturated rings. The van der Waals surface area contributed by atoms with E-state index in [2.05, 4.69) is 0 Å². The summed E-state index contributed by atoms with van der Waals surface area (Å²) in [6.07, 6.45) is 1.73. The van der Waals surface area contributed by atoms with Crippen molar-refractivity contribution in [2.24, 2.45) is 0 Å². The van der Waals surface area contributed by atoms with Gasteiger partial charge in [-0.05, 0) is 30.5 Å². The summed E-state index contributed by atoms with van der Waals surface area (Å²) in [4.78, 5) is 10.3. The highest BCUT2D eigenvalue weighted by Crippen LogP contribution is 2.13. The molecule has 0 aliphatic heterocycles. The van der Waals surface area contributed by atoms with Crippen LogP contribution < -0.4 is 0 Å². The number of carboxylic acids is 1. The predicted octanol–water partition coefficient (Wildman–Crippen LogP) is 2.90. The van der Waals surface area contributed by atoms with Crippen molar-refractivity contribution in [3.8, 4) is 0 Å². The van der Waals surface area contributed by atoms with Gasteiger partial charge in [-0.15, -0.1) is 0 Å². The van der Waals surface area contributed by atoms with Gasteiger partial charge in [-0.25, -0.2) is 8.42 Å². The molecule has 0 atom stereocenters. The number of rotatable bonds is 8. The van der Waals surface area contributed by atoms with Gasteiger partial charge in [0.1, 0.15) is 0 Å². The van der Waals surface area contributed by atoms with Gasteiger partial charge in [0.05, 0.1) is 11.5 Å². The van der Waals surface area contributed by atoms with Gasteiger partial charge in [-0.1, -0.05) is 30.2 Å². The highest BCUT2D eigenvalue weighted by Gasteiger charge is 2.11. The zero-order valence-electron chi connectivity index (χ0n) is 10.5. The van der Waals surface area contributed by atoms with E-state index in [0.717, 1.165) is 5.56 Å². The monoisotopic (exact) mass is 304 g/mol. The molecule has 0 aliphatic carbocycles. The van der Waals surface area contributed by atoms with Gasteiger partial charge in [-0.3, -0.25) is 4.79 Å². The molecule has 1 N–H and O–H groups in total. The Hall–Kier alpha value is -1.07. The Morgan fingerprint density at radius 3 is 2.32 bits per heavy atom. The fourth-order valence-electron chi connectivity index (χ4n) is 1.68. The third-order valence-corrected chi connectivity index (χ3v) is 4.58. The quantitative estimate of drug-likeness (QED) is 0.750. The Morgan fingerprint density at radius 1 is 1.11 bits per heavy atom. The molecule has 19 heavy (non-hydrogen) atoms. The molecule has 1 aromatic rings. The van der Waals surface area contributed by atoms with Crippen molar-refractivity contribution >= 4 is 27.4 Å². The van der Waals surface area contributed by atoms with E-state index in [-0.39, 0.29) is 17.9 Å². The molecule has 6 heteroatoms. The Labute approximate surface area is 118 Å². The van der Waals surface area contributed by atoms with Gasteiger partial charge in [0.15, 0.2) is 9.84 Å². The molecule has 0 spiro atoms. The minimum atomic E-state index is -3.14. The number of sulfone groups is 1. The summed E-state index contributed by atoms with van der Waals surface area (Å²) >= 11 is 5.73. The van der Waals surface area contributed by atoms with E-state index in [0.29, 0.717) is 24.3 Å². The minimum absolute atomic E-state index is 0.00307. The third kappa shape index (κ3) is 7.18. The normalized spacial score (nSPS) is 11.4. The van der Waals surface area contributed by atoms with E-state index < -0.39 is 15.8 Å². The number of halogens is 1. The number of hydrogen-bond donors (Lipinski definition) is 1. The summed E-state index contributed by atoms with van der Waals surface area (Å²) in [7, 11) is -3.14. The summed E-state index contributed by atoms with van der Waals surface area (Å²) in [6, 6.07) is 6.73. The van der Waals surface area contributed by atoms with Gasteiger partial charge in [0, 0.05) is 11.4 Å². The first-order valence-corrected chi connectivity index (χ1v) is 8.26. The summed E-state index contributed by atoms with van der Waals surface area (Å²) < 4.78 is 23.7. The van der Waals surface area contributed by atoms with E-state index in [1.54, 1.807) is 24.3 Å². The lowest BCUT2D eigenvalue weighted by Crippen LogP contribution is -2.09. The Kier molecular flexibility index (Phi) is 6.31. The summed E-state index contributed by atoms with van der Waals surface area (Å²) in [5, 5.41) is 9.04. The molecular formula is C13H17ClO4S. The molecule has 0 saturated carbocycles. The Morgan fingerprint density at radius 2 is 1.74 bits per heavy atom. The SMILES string of the molecule is O=C(O)CCCCCS(=O)(=O)Cc1ccc(Cl)cc1. The molecule has 1 rings (SSSR count). The first-order valence-electron chi connectivity index (χ1n) is 6.06. The Balaban J connectivity index is 2.35. The van der Waals surface area contributed by atoms with E-state index in [4.69, 9.17) is 16.7 Å². The lowest BCUT2D eigenvalue weighted by Gasteiger charge is -2.04. The van der Waals surface area contributed by atoms with Crippen LogP contribution >= 0.6 is 11.6 Å². The second-order valence-electron chi connectivity index (χ2n) is 4.42. The zero-order valence-corrected chi connectivity index (χ0v) is 12.1. The molecule has 0 unspecified atom stereocenters. The van der Waals surface area contributed by atoms with Gasteiger partial charge in [0.25, 0.3) is 0 Å². The fraction of sp³-hybridized carbons (Fsp3) is 0.462. The number of hydrogen-bond acceptors (Lipinski definition) is 3. The highest BCUT2D eigenvalue weighted by molar-refractivity contribution is 7.90. The molecule has 1 aromatic carbocycles. The summed E-state index contributed by atoms with van der Waals surface area (Å²) in [5.74, 6) is -0.748. The fourth-order valence-corrected chi connectivity index (χ4v) is 3.30. The van der Waals surface area contributed by atoms with Crippen LogP contribution in [0.5, 0.6) is 0 Å². The average molecular weight is 305 g/mol. The molecular weight excluding hydrogens is 288 g/mol. The molecule has 0 heterocycles. The molecule has 0 aromatic heterocycles. The smallest absolute Gasteiger partial charge is 0.303 e. The van der Waals surface area contributed by atoms with Crippen LogP contribution in [-0.2, 0) is 20.4 Å². The van der Waals surface area contributed by atoms with Gasteiger partial charge < -0.3 is 5.11 Å². The van der Waals surface area contributed by atoms with E-state index in [1.807, 2.05) is 0 Å². The third-order valence-electron chi connectivity index (χ3n) is 2.65. The first-order chi connectivity index (χ1) is 8.89. The van der Waals surface area contributed by atoms with Crippen LogP contribution in [0, 0.1) is 0 Å². The number of carboxylic acid groups (broad SMARTS) is 1.